The van der Waals surface area contributed by atoms with Crippen LogP contribution >= 0.6 is 0 Å². The number of hydrogen-bond donors (Lipinski definition) is 0. The molecule has 0 N–H and O–H groups in total. The van der Waals surface area contributed by atoms with Gasteiger partial charge in [0, 0.05) is 24.6 Å². The van der Waals surface area contributed by atoms with Crippen LogP contribution < -0.4 is 0 Å². The molecule has 0 bridgehead atoms. The van der Waals surface area contributed by atoms with Crippen molar-refractivity contribution in [1.82, 2.24) is 4.31 Å². The van der Waals surface area contributed by atoms with E-state index in [4.69, 9.17) is 0 Å². The van der Waals surface area contributed by atoms with Gasteiger partial charge in [-0.15, -0.1) is 0 Å². The molecule has 2 aromatic carbocycles. The van der Waals surface area contributed by atoms with Crippen LogP contribution in [-0.2, 0) is 16.4 Å². The van der Waals surface area contributed by atoms with Crippen LogP contribution in [-0.4, -0.2) is 37.3 Å². The molecule has 26 heavy (non-hydrogen) atoms. The lowest BCUT2D eigenvalue weighted by molar-refractivity contribution is 0.0875. The molecule has 0 aliphatic carbocycles. The van der Waals surface area contributed by atoms with Crippen molar-refractivity contribution < 1.29 is 17.6 Å². The summed E-state index contributed by atoms with van der Waals surface area (Å²) in [6.07, 6.45) is 1.49. The van der Waals surface area contributed by atoms with Gasteiger partial charge in [-0.2, -0.15) is 0 Å². The summed E-state index contributed by atoms with van der Waals surface area (Å²) in [5.41, 5.74) is 1.48. The van der Waals surface area contributed by atoms with E-state index < -0.39 is 10.0 Å². The third kappa shape index (κ3) is 4.56. The van der Waals surface area contributed by atoms with Crippen molar-refractivity contribution in [3.63, 3.8) is 0 Å². The van der Waals surface area contributed by atoms with E-state index >= 15 is 0 Å². The van der Waals surface area contributed by atoms with Gasteiger partial charge in [0.2, 0.25) is 10.0 Å². The Morgan fingerprint density at radius 3 is 2.23 bits per heavy atom. The van der Waals surface area contributed by atoms with Crippen LogP contribution in [0.1, 0.15) is 28.8 Å². The highest BCUT2D eigenvalue weighted by molar-refractivity contribution is 7.89. The summed E-state index contributed by atoms with van der Waals surface area (Å²) >= 11 is 0. The zero-order chi connectivity index (χ0) is 18.6. The summed E-state index contributed by atoms with van der Waals surface area (Å²) in [7, 11) is -3.33. The summed E-state index contributed by atoms with van der Waals surface area (Å²) in [5.74, 6) is -0.540. The summed E-state index contributed by atoms with van der Waals surface area (Å²) in [6, 6.07) is 15.1. The van der Waals surface area contributed by atoms with E-state index in [1.807, 2.05) is 30.3 Å². The SMILES string of the molecule is O=C(c1ccc(F)cc1)C1CCN(S(=O)(=O)CCc2ccccc2)CC1. The standard InChI is InChI=1S/C20H22FNO3S/c21-19-8-6-17(7-9-19)20(23)18-10-13-22(14-11-18)26(24,25)15-12-16-4-2-1-3-5-16/h1-9,18H,10-15H2. The molecule has 0 amide bonds. The van der Waals surface area contributed by atoms with Crippen molar-refractivity contribution in [3.05, 3.63) is 71.5 Å². The van der Waals surface area contributed by atoms with Crippen LogP contribution in [0, 0.1) is 11.7 Å². The van der Waals surface area contributed by atoms with Gasteiger partial charge in [-0.3, -0.25) is 4.79 Å². The molecule has 0 spiro atoms. The second-order valence-electron chi connectivity index (χ2n) is 6.60. The van der Waals surface area contributed by atoms with E-state index in [-0.39, 0.29) is 23.3 Å². The van der Waals surface area contributed by atoms with Gasteiger partial charge >= 0.3 is 0 Å². The van der Waals surface area contributed by atoms with Crippen LogP contribution in [0.2, 0.25) is 0 Å². The number of ketones is 1. The molecule has 0 atom stereocenters. The topological polar surface area (TPSA) is 54.5 Å². The largest absolute Gasteiger partial charge is 0.294 e. The van der Waals surface area contributed by atoms with Crippen molar-refractivity contribution in [2.45, 2.75) is 19.3 Å². The average Bonchev–Trinajstić information content (AvgIpc) is 2.67. The fourth-order valence-electron chi connectivity index (χ4n) is 3.27. The van der Waals surface area contributed by atoms with Crippen molar-refractivity contribution in [2.75, 3.05) is 18.8 Å². The van der Waals surface area contributed by atoms with Crippen molar-refractivity contribution in [1.29, 1.82) is 0 Å². The first-order valence-electron chi connectivity index (χ1n) is 8.77. The molecule has 0 unspecified atom stereocenters. The van der Waals surface area contributed by atoms with E-state index in [1.54, 1.807) is 0 Å². The molecule has 1 heterocycles. The number of nitrogens with zero attached hydrogens (tertiary/aromatic N) is 1. The first kappa shape index (κ1) is 18.7. The van der Waals surface area contributed by atoms with Crippen LogP contribution in [0.4, 0.5) is 4.39 Å². The van der Waals surface area contributed by atoms with Crippen molar-refractivity contribution in [2.24, 2.45) is 5.92 Å². The summed E-state index contributed by atoms with van der Waals surface area (Å²) in [6.45, 7) is 0.712. The number of piperidine rings is 1. The van der Waals surface area contributed by atoms with E-state index in [2.05, 4.69) is 0 Å². The number of hydrogen-bond acceptors (Lipinski definition) is 3. The highest BCUT2D eigenvalue weighted by Gasteiger charge is 2.31. The Hall–Kier alpha value is -2.05. The number of rotatable bonds is 6. The maximum atomic E-state index is 13.0. The second kappa shape index (κ2) is 8.10. The number of aryl methyl sites for hydroxylation is 1. The second-order valence-corrected chi connectivity index (χ2v) is 8.68. The molecule has 1 saturated heterocycles. The Bertz CT molecular complexity index is 842. The number of Topliss-reactive ketones (excluding diaryl/α,β-unsaturated/α-hetero) is 1. The molecule has 4 nitrogen and oxygen atoms in total. The van der Waals surface area contributed by atoms with E-state index in [9.17, 15) is 17.6 Å². The molecule has 2 aromatic rings. The lowest BCUT2D eigenvalue weighted by Gasteiger charge is -2.30. The molecule has 3 rings (SSSR count). The smallest absolute Gasteiger partial charge is 0.214 e. The van der Waals surface area contributed by atoms with Gasteiger partial charge in [0.25, 0.3) is 0 Å². The first-order chi connectivity index (χ1) is 12.5. The van der Waals surface area contributed by atoms with Gasteiger partial charge in [0.15, 0.2) is 5.78 Å². The minimum atomic E-state index is -3.33. The molecular weight excluding hydrogens is 353 g/mol. The molecule has 1 aliphatic rings. The Kier molecular flexibility index (Phi) is 5.84. The van der Waals surface area contributed by atoms with E-state index in [1.165, 1.54) is 28.6 Å². The highest BCUT2D eigenvalue weighted by Crippen LogP contribution is 2.24. The quantitative estimate of drug-likeness (QED) is 0.728. The lowest BCUT2D eigenvalue weighted by Crippen LogP contribution is -2.41. The van der Waals surface area contributed by atoms with Gasteiger partial charge < -0.3 is 0 Å². The number of sulfonamides is 1. The maximum Gasteiger partial charge on any atom is 0.214 e. The zero-order valence-electron chi connectivity index (χ0n) is 14.5. The molecule has 0 saturated carbocycles. The van der Waals surface area contributed by atoms with Gasteiger partial charge in [-0.25, -0.2) is 17.1 Å². The Morgan fingerprint density at radius 2 is 1.62 bits per heavy atom. The van der Waals surface area contributed by atoms with E-state index in [0.717, 1.165) is 5.56 Å². The molecule has 0 radical (unpaired) electrons. The molecule has 1 aliphatic heterocycles. The number of carbonyl (C=O) groups excluding carboxylic acids is 1. The summed E-state index contributed by atoms with van der Waals surface area (Å²) in [4.78, 5) is 12.5. The fraction of sp³-hybridized carbons (Fsp3) is 0.350. The van der Waals surface area contributed by atoms with E-state index in [0.29, 0.717) is 37.9 Å². The van der Waals surface area contributed by atoms with Crippen LogP contribution in [0.25, 0.3) is 0 Å². The third-order valence-corrected chi connectivity index (χ3v) is 6.71. The summed E-state index contributed by atoms with van der Waals surface area (Å²) < 4.78 is 39.6. The zero-order valence-corrected chi connectivity index (χ0v) is 15.3. The number of carbonyl (C=O) groups is 1. The minimum Gasteiger partial charge on any atom is -0.294 e. The normalized spacial score (nSPS) is 16.5. The molecular formula is C20H22FNO3S. The molecule has 0 aromatic heterocycles. The Morgan fingerprint density at radius 1 is 1.00 bits per heavy atom. The first-order valence-corrected chi connectivity index (χ1v) is 10.4. The monoisotopic (exact) mass is 375 g/mol. The molecule has 6 heteroatoms. The third-order valence-electron chi connectivity index (χ3n) is 4.84. The van der Waals surface area contributed by atoms with Crippen LogP contribution in [0.15, 0.2) is 54.6 Å². The lowest BCUT2D eigenvalue weighted by atomic mass is 9.90. The van der Waals surface area contributed by atoms with Gasteiger partial charge in [-0.1, -0.05) is 30.3 Å². The minimum absolute atomic E-state index is 0.0358. The van der Waals surface area contributed by atoms with Crippen molar-refractivity contribution in [3.8, 4) is 0 Å². The maximum absolute atomic E-state index is 13.0. The Balaban J connectivity index is 1.55. The average molecular weight is 375 g/mol. The fourth-order valence-corrected chi connectivity index (χ4v) is 4.79. The van der Waals surface area contributed by atoms with Gasteiger partial charge in [0.1, 0.15) is 5.82 Å². The van der Waals surface area contributed by atoms with Gasteiger partial charge in [0.05, 0.1) is 5.75 Å². The predicted molar refractivity (Wildman–Crippen MR) is 99.0 cm³/mol. The van der Waals surface area contributed by atoms with Gasteiger partial charge in [-0.05, 0) is 49.1 Å². The number of benzene rings is 2. The van der Waals surface area contributed by atoms with Crippen LogP contribution in [0.5, 0.6) is 0 Å². The molecule has 1 fully saturated rings. The summed E-state index contributed by atoms with van der Waals surface area (Å²) in [5, 5.41) is 0. The van der Waals surface area contributed by atoms with Crippen LogP contribution in [0.3, 0.4) is 0 Å². The number of halogens is 1. The van der Waals surface area contributed by atoms with Crippen molar-refractivity contribution >= 4 is 15.8 Å². The predicted octanol–water partition coefficient (Wildman–Crippen LogP) is 3.29. The highest BCUT2D eigenvalue weighted by atomic mass is 32.2. The molecule has 138 valence electrons. The Labute approximate surface area is 153 Å².